The average Bonchev–Trinajstić information content (AvgIpc) is 2.72. The van der Waals surface area contributed by atoms with E-state index in [1.54, 1.807) is 4.98 Å². The summed E-state index contributed by atoms with van der Waals surface area (Å²) in [7, 11) is -3.73. The van der Waals surface area contributed by atoms with Crippen LogP contribution in [0.3, 0.4) is 0 Å². The molecular weight excluding hydrogens is 310 g/mol. The van der Waals surface area contributed by atoms with Crippen LogP contribution in [0.4, 0.5) is 4.39 Å². The van der Waals surface area contributed by atoms with Crippen LogP contribution in [0.15, 0.2) is 15.8 Å². The summed E-state index contributed by atoms with van der Waals surface area (Å²) in [4.78, 5) is 33.3. The fraction of sp³-hybridized carbons (Fsp3) is 0.600. The Kier molecular flexibility index (Phi) is 4.45. The van der Waals surface area contributed by atoms with Gasteiger partial charge < -0.3 is 19.3 Å². The second kappa shape index (κ2) is 5.82. The van der Waals surface area contributed by atoms with Gasteiger partial charge in [0.2, 0.25) is 5.82 Å². The molecule has 0 amide bonds. The number of nitrogens with one attached hydrogen (secondary N) is 1. The highest BCUT2D eigenvalue weighted by molar-refractivity contribution is 7.51. The lowest BCUT2D eigenvalue weighted by Gasteiger charge is -2.16. The maximum absolute atomic E-state index is 13.2. The molecule has 0 aromatic carbocycles. The van der Waals surface area contributed by atoms with Gasteiger partial charge in [-0.2, -0.15) is 4.39 Å². The van der Waals surface area contributed by atoms with Gasteiger partial charge in [0, 0.05) is 13.1 Å². The molecule has 0 radical (unpaired) electrons. The molecule has 21 heavy (non-hydrogen) atoms. The van der Waals surface area contributed by atoms with Crippen LogP contribution in [-0.4, -0.2) is 45.0 Å². The van der Waals surface area contributed by atoms with Crippen molar-refractivity contribution < 1.29 is 28.2 Å². The van der Waals surface area contributed by atoms with E-state index in [1.165, 1.54) is 0 Å². The van der Waals surface area contributed by atoms with Crippen molar-refractivity contribution in [3.05, 3.63) is 32.9 Å². The highest BCUT2D eigenvalue weighted by atomic mass is 31.2. The Morgan fingerprint density at radius 3 is 2.90 bits per heavy atom. The highest BCUT2D eigenvalue weighted by Gasteiger charge is 2.36. The third-order valence-corrected chi connectivity index (χ3v) is 3.55. The summed E-state index contributed by atoms with van der Waals surface area (Å²) in [5, 5.41) is 9.77. The lowest BCUT2D eigenvalue weighted by atomic mass is 10.2. The van der Waals surface area contributed by atoms with Gasteiger partial charge in [0.05, 0.1) is 18.9 Å². The van der Waals surface area contributed by atoms with E-state index in [0.29, 0.717) is 6.20 Å². The summed E-state index contributed by atoms with van der Waals surface area (Å²) in [6.45, 7) is 0.621. The van der Waals surface area contributed by atoms with E-state index < -0.39 is 43.1 Å². The van der Waals surface area contributed by atoms with Crippen molar-refractivity contribution in [2.45, 2.75) is 24.9 Å². The van der Waals surface area contributed by atoms with E-state index in [9.17, 15) is 23.7 Å². The average molecular weight is 324 g/mol. The minimum atomic E-state index is -3.73. The van der Waals surface area contributed by atoms with Crippen LogP contribution in [-0.2, 0) is 13.8 Å². The maximum atomic E-state index is 13.2. The Hall–Kier alpha value is -1.32. The third-order valence-electron chi connectivity index (χ3n) is 2.92. The number of ether oxygens (including phenoxy) is 1. The number of nitrogens with zero attached hydrogens (tertiary/aromatic N) is 1. The predicted octanol–water partition coefficient (Wildman–Crippen LogP) is -0.844. The Morgan fingerprint density at radius 1 is 1.62 bits per heavy atom. The van der Waals surface area contributed by atoms with E-state index in [-0.39, 0.29) is 13.0 Å². The van der Waals surface area contributed by atoms with Crippen LogP contribution in [0.5, 0.6) is 0 Å². The summed E-state index contributed by atoms with van der Waals surface area (Å²) in [6, 6.07) is 0. The van der Waals surface area contributed by atoms with Gasteiger partial charge in [0.15, 0.2) is 0 Å². The molecule has 4 unspecified atom stereocenters. The van der Waals surface area contributed by atoms with E-state index in [4.69, 9.17) is 9.63 Å². The van der Waals surface area contributed by atoms with Crippen molar-refractivity contribution in [3.8, 4) is 0 Å². The van der Waals surface area contributed by atoms with Crippen LogP contribution >= 0.6 is 7.60 Å². The standard InChI is InChI=1S/C10H14FN2O7P/c1-21(17,18)19-4-7-6(14)2-8(20-7)13-3-5(11)9(15)12-10(13)16/h3,6-8,14H,2,4H2,1H3,(H,17,18)(H,12,15,16). The van der Waals surface area contributed by atoms with Gasteiger partial charge >= 0.3 is 13.3 Å². The van der Waals surface area contributed by atoms with Gasteiger partial charge in [0.1, 0.15) is 12.3 Å². The lowest BCUT2D eigenvalue weighted by Crippen LogP contribution is -2.34. The van der Waals surface area contributed by atoms with Gasteiger partial charge in [-0.05, 0) is 0 Å². The molecule has 1 aliphatic heterocycles. The van der Waals surface area contributed by atoms with Gasteiger partial charge in [-0.15, -0.1) is 0 Å². The Morgan fingerprint density at radius 2 is 2.29 bits per heavy atom. The topological polar surface area (TPSA) is 131 Å². The van der Waals surface area contributed by atoms with Crippen molar-refractivity contribution in [2.75, 3.05) is 13.3 Å². The van der Waals surface area contributed by atoms with E-state index in [0.717, 1.165) is 11.2 Å². The number of halogens is 1. The van der Waals surface area contributed by atoms with E-state index in [2.05, 4.69) is 4.52 Å². The molecule has 1 fully saturated rings. The monoisotopic (exact) mass is 324 g/mol. The first-order valence-electron chi connectivity index (χ1n) is 5.96. The number of hydrogen-bond acceptors (Lipinski definition) is 6. The summed E-state index contributed by atoms with van der Waals surface area (Å²) in [6.07, 6.45) is -2.40. The fourth-order valence-electron chi connectivity index (χ4n) is 1.92. The van der Waals surface area contributed by atoms with E-state index in [1.807, 2.05) is 0 Å². The summed E-state index contributed by atoms with van der Waals surface area (Å²) in [5.41, 5.74) is -2.04. The van der Waals surface area contributed by atoms with Crippen molar-refractivity contribution in [1.82, 2.24) is 9.55 Å². The number of aliphatic hydroxyl groups is 1. The minimum Gasteiger partial charge on any atom is -0.390 e. The van der Waals surface area contributed by atoms with Crippen molar-refractivity contribution in [3.63, 3.8) is 0 Å². The molecule has 4 atom stereocenters. The number of aromatic nitrogens is 2. The zero-order valence-corrected chi connectivity index (χ0v) is 11.8. The first-order chi connectivity index (χ1) is 9.67. The number of rotatable bonds is 4. The van der Waals surface area contributed by atoms with Gasteiger partial charge in [-0.25, -0.2) is 4.79 Å². The molecule has 1 aromatic rings. The number of aromatic amines is 1. The lowest BCUT2D eigenvalue weighted by molar-refractivity contribution is -0.0425. The van der Waals surface area contributed by atoms with Crippen molar-refractivity contribution in [2.24, 2.45) is 0 Å². The highest BCUT2D eigenvalue weighted by Crippen LogP contribution is 2.38. The van der Waals surface area contributed by atoms with Crippen LogP contribution in [0.25, 0.3) is 0 Å². The van der Waals surface area contributed by atoms with E-state index >= 15 is 0 Å². The summed E-state index contributed by atoms with van der Waals surface area (Å²) >= 11 is 0. The fourth-order valence-corrected chi connectivity index (χ4v) is 2.35. The SMILES string of the molecule is CP(=O)(O)OCC1OC(n2cc(F)c(=O)[nH]c2=O)CC1O. The second-order valence-electron chi connectivity index (χ2n) is 4.67. The number of H-pyrrole nitrogens is 1. The first kappa shape index (κ1) is 16.1. The second-order valence-corrected chi connectivity index (χ2v) is 6.54. The Balaban J connectivity index is 2.14. The molecule has 0 aliphatic carbocycles. The third kappa shape index (κ3) is 3.86. The van der Waals surface area contributed by atoms with Crippen molar-refractivity contribution >= 4 is 7.60 Å². The van der Waals surface area contributed by atoms with Crippen LogP contribution in [0.1, 0.15) is 12.6 Å². The summed E-state index contributed by atoms with van der Waals surface area (Å²) < 4.78 is 35.0. The molecule has 3 N–H and O–H groups in total. The quantitative estimate of drug-likeness (QED) is 0.615. The Labute approximate surface area is 117 Å². The molecular formula is C10H14FN2O7P. The molecule has 1 aliphatic rings. The molecule has 118 valence electrons. The summed E-state index contributed by atoms with van der Waals surface area (Å²) in [5.74, 6) is -1.17. The molecule has 0 saturated carbocycles. The first-order valence-corrected chi connectivity index (χ1v) is 7.99. The molecule has 11 heteroatoms. The molecule has 2 rings (SSSR count). The zero-order chi connectivity index (χ0) is 15.8. The molecule has 2 heterocycles. The predicted molar refractivity (Wildman–Crippen MR) is 67.5 cm³/mol. The van der Waals surface area contributed by atoms with Crippen LogP contribution in [0.2, 0.25) is 0 Å². The normalized spacial score (nSPS) is 28.5. The number of aliphatic hydroxyl groups excluding tert-OH is 1. The maximum Gasteiger partial charge on any atom is 0.330 e. The molecule has 1 saturated heterocycles. The molecule has 0 bridgehead atoms. The van der Waals surface area contributed by atoms with Crippen LogP contribution in [0, 0.1) is 5.82 Å². The largest absolute Gasteiger partial charge is 0.390 e. The molecule has 0 spiro atoms. The Bertz CT molecular complexity index is 681. The number of hydrogen-bond donors (Lipinski definition) is 3. The van der Waals surface area contributed by atoms with Gasteiger partial charge in [-0.3, -0.25) is 18.9 Å². The van der Waals surface area contributed by atoms with Crippen molar-refractivity contribution in [1.29, 1.82) is 0 Å². The zero-order valence-electron chi connectivity index (χ0n) is 10.9. The molecule has 1 aromatic heterocycles. The smallest absolute Gasteiger partial charge is 0.330 e. The molecule has 9 nitrogen and oxygen atoms in total. The van der Waals surface area contributed by atoms with Gasteiger partial charge in [-0.1, -0.05) is 0 Å². The van der Waals surface area contributed by atoms with Gasteiger partial charge in [0.25, 0.3) is 5.56 Å². The van der Waals surface area contributed by atoms with Crippen LogP contribution < -0.4 is 11.2 Å². The minimum absolute atomic E-state index is 0.0567.